The fraction of sp³-hybridized carbons (Fsp3) is 0.889. The second kappa shape index (κ2) is 6.00. The number of carbonyl (C=O) groups is 1. The van der Waals surface area contributed by atoms with Crippen LogP contribution in [-0.2, 0) is 9.53 Å². The summed E-state index contributed by atoms with van der Waals surface area (Å²) >= 11 is 0. The van der Waals surface area contributed by atoms with Crippen molar-refractivity contribution in [2.24, 2.45) is 5.92 Å². The molecule has 0 aliphatic heterocycles. The molecule has 0 radical (unpaired) electrons. The Labute approximate surface area is 73.7 Å². The number of hydrogen-bond acceptors (Lipinski definition) is 2. The Hall–Kier alpha value is -0.570. The van der Waals surface area contributed by atoms with Gasteiger partial charge in [-0.1, -0.05) is 6.92 Å². The van der Waals surface area contributed by atoms with Gasteiger partial charge < -0.3 is 9.84 Å². The minimum atomic E-state index is -0.723. The third-order valence-electron chi connectivity index (χ3n) is 1.65. The van der Waals surface area contributed by atoms with Crippen molar-refractivity contribution < 1.29 is 14.6 Å². The number of carboxylic acids is 1. The second-order valence-corrected chi connectivity index (χ2v) is 3.30. The summed E-state index contributed by atoms with van der Waals surface area (Å²) in [5.74, 6) is -0.972. The third kappa shape index (κ3) is 6.16. The Morgan fingerprint density at radius 3 is 2.42 bits per heavy atom. The van der Waals surface area contributed by atoms with Crippen molar-refractivity contribution in [3.8, 4) is 0 Å². The van der Waals surface area contributed by atoms with E-state index in [2.05, 4.69) is 0 Å². The van der Waals surface area contributed by atoms with Gasteiger partial charge in [-0.2, -0.15) is 0 Å². The van der Waals surface area contributed by atoms with Crippen LogP contribution in [0.15, 0.2) is 0 Å². The molecule has 1 unspecified atom stereocenters. The smallest absolute Gasteiger partial charge is 0.306 e. The summed E-state index contributed by atoms with van der Waals surface area (Å²) in [5, 5.41) is 8.55. The minimum absolute atomic E-state index is 0.241. The molecule has 0 saturated carbocycles. The topological polar surface area (TPSA) is 46.5 Å². The molecular weight excluding hydrogens is 156 g/mol. The van der Waals surface area contributed by atoms with Crippen LogP contribution in [0.1, 0.15) is 33.6 Å². The zero-order valence-corrected chi connectivity index (χ0v) is 8.04. The summed E-state index contributed by atoms with van der Waals surface area (Å²) in [6.07, 6.45) is 1.76. The first-order valence-corrected chi connectivity index (χ1v) is 4.38. The van der Waals surface area contributed by atoms with Crippen molar-refractivity contribution in [2.75, 3.05) is 6.61 Å². The van der Waals surface area contributed by atoms with Crippen LogP contribution in [0.4, 0.5) is 0 Å². The molecule has 0 aromatic heterocycles. The second-order valence-electron chi connectivity index (χ2n) is 3.30. The Balaban J connectivity index is 3.25. The van der Waals surface area contributed by atoms with Crippen molar-refractivity contribution in [3.05, 3.63) is 0 Å². The van der Waals surface area contributed by atoms with Crippen LogP contribution < -0.4 is 0 Å². The highest BCUT2D eigenvalue weighted by atomic mass is 16.5. The van der Waals surface area contributed by atoms with Crippen LogP contribution in [0.2, 0.25) is 0 Å². The largest absolute Gasteiger partial charge is 0.481 e. The maximum absolute atomic E-state index is 10.4. The predicted octanol–water partition coefficient (Wildman–Crippen LogP) is 1.91. The van der Waals surface area contributed by atoms with Crippen LogP contribution in [0.25, 0.3) is 0 Å². The van der Waals surface area contributed by atoms with Crippen LogP contribution in [0.5, 0.6) is 0 Å². The molecule has 0 spiro atoms. The van der Waals surface area contributed by atoms with Gasteiger partial charge in [-0.3, -0.25) is 4.79 Å². The van der Waals surface area contributed by atoms with E-state index in [4.69, 9.17) is 9.84 Å². The van der Waals surface area contributed by atoms with Gasteiger partial charge in [-0.05, 0) is 26.7 Å². The highest BCUT2D eigenvalue weighted by molar-refractivity contribution is 5.69. The Morgan fingerprint density at radius 1 is 1.42 bits per heavy atom. The van der Waals surface area contributed by atoms with Gasteiger partial charge in [-0.25, -0.2) is 0 Å². The van der Waals surface area contributed by atoms with E-state index in [1.165, 1.54) is 0 Å². The number of hydrogen-bond donors (Lipinski definition) is 1. The maximum atomic E-state index is 10.4. The van der Waals surface area contributed by atoms with Crippen molar-refractivity contribution >= 4 is 5.97 Å². The highest BCUT2D eigenvalue weighted by Gasteiger charge is 2.09. The number of rotatable bonds is 6. The number of carboxylic acid groups (broad SMARTS) is 1. The zero-order valence-electron chi connectivity index (χ0n) is 8.04. The lowest BCUT2D eigenvalue weighted by atomic mass is 10.1. The van der Waals surface area contributed by atoms with E-state index < -0.39 is 5.97 Å². The van der Waals surface area contributed by atoms with Crippen molar-refractivity contribution in [1.82, 2.24) is 0 Å². The first kappa shape index (κ1) is 11.4. The number of ether oxygens (including phenoxy) is 1. The number of aliphatic carboxylic acids is 1. The van der Waals surface area contributed by atoms with E-state index in [0.717, 1.165) is 6.42 Å². The summed E-state index contributed by atoms with van der Waals surface area (Å²) in [6, 6.07) is 0. The van der Waals surface area contributed by atoms with Crippen LogP contribution >= 0.6 is 0 Å². The molecule has 12 heavy (non-hydrogen) atoms. The highest BCUT2D eigenvalue weighted by Crippen LogP contribution is 2.05. The third-order valence-corrected chi connectivity index (χ3v) is 1.65. The van der Waals surface area contributed by atoms with E-state index in [1.54, 1.807) is 6.92 Å². The molecule has 1 N–H and O–H groups in total. The van der Waals surface area contributed by atoms with E-state index in [1.807, 2.05) is 13.8 Å². The molecule has 0 aromatic rings. The molecule has 0 aliphatic rings. The van der Waals surface area contributed by atoms with Crippen LogP contribution in [0.3, 0.4) is 0 Å². The van der Waals surface area contributed by atoms with Crippen LogP contribution in [0, 0.1) is 5.92 Å². The monoisotopic (exact) mass is 174 g/mol. The van der Waals surface area contributed by atoms with Gasteiger partial charge in [0.15, 0.2) is 0 Å². The lowest BCUT2D eigenvalue weighted by Gasteiger charge is -2.08. The molecule has 3 nitrogen and oxygen atoms in total. The van der Waals surface area contributed by atoms with Crippen molar-refractivity contribution in [3.63, 3.8) is 0 Å². The van der Waals surface area contributed by atoms with E-state index in [-0.39, 0.29) is 12.0 Å². The SMILES string of the molecule is CC(C)OCCCC(C)C(=O)O. The molecule has 0 aliphatic carbocycles. The fourth-order valence-electron chi connectivity index (χ4n) is 0.832. The van der Waals surface area contributed by atoms with E-state index in [9.17, 15) is 4.79 Å². The molecule has 0 aromatic carbocycles. The summed E-state index contributed by atoms with van der Waals surface area (Å²) in [4.78, 5) is 10.4. The molecule has 0 bridgehead atoms. The normalized spacial score (nSPS) is 13.3. The standard InChI is InChI=1S/C9H18O3/c1-7(2)12-6-4-5-8(3)9(10)11/h7-8H,4-6H2,1-3H3,(H,10,11). The average Bonchev–Trinajstić information content (AvgIpc) is 1.97. The Bertz CT molecular complexity index is 132. The lowest BCUT2D eigenvalue weighted by Crippen LogP contribution is -2.11. The Kier molecular flexibility index (Phi) is 5.72. The minimum Gasteiger partial charge on any atom is -0.481 e. The summed E-state index contributed by atoms with van der Waals surface area (Å²) in [6.45, 7) is 6.33. The molecule has 0 amide bonds. The molecule has 3 heteroatoms. The molecule has 72 valence electrons. The maximum Gasteiger partial charge on any atom is 0.306 e. The molecule has 0 rings (SSSR count). The predicted molar refractivity (Wildman–Crippen MR) is 47.1 cm³/mol. The van der Waals surface area contributed by atoms with Gasteiger partial charge in [0, 0.05) is 6.61 Å². The van der Waals surface area contributed by atoms with Gasteiger partial charge >= 0.3 is 5.97 Å². The molecule has 0 saturated heterocycles. The molecular formula is C9H18O3. The summed E-state index contributed by atoms with van der Waals surface area (Å²) in [5.41, 5.74) is 0. The molecule has 1 atom stereocenters. The van der Waals surface area contributed by atoms with E-state index >= 15 is 0 Å². The van der Waals surface area contributed by atoms with Gasteiger partial charge in [0.2, 0.25) is 0 Å². The van der Waals surface area contributed by atoms with Crippen molar-refractivity contribution in [1.29, 1.82) is 0 Å². The molecule has 0 heterocycles. The zero-order chi connectivity index (χ0) is 9.56. The molecule has 0 fully saturated rings. The van der Waals surface area contributed by atoms with Gasteiger partial charge in [0.05, 0.1) is 12.0 Å². The lowest BCUT2D eigenvalue weighted by molar-refractivity contribution is -0.141. The average molecular weight is 174 g/mol. The van der Waals surface area contributed by atoms with Gasteiger partial charge in [0.1, 0.15) is 0 Å². The Morgan fingerprint density at radius 2 is 2.00 bits per heavy atom. The van der Waals surface area contributed by atoms with E-state index in [0.29, 0.717) is 13.0 Å². The quantitative estimate of drug-likeness (QED) is 0.626. The van der Waals surface area contributed by atoms with Crippen molar-refractivity contribution in [2.45, 2.75) is 39.7 Å². The fourth-order valence-corrected chi connectivity index (χ4v) is 0.832. The van der Waals surface area contributed by atoms with Crippen LogP contribution in [-0.4, -0.2) is 23.8 Å². The first-order valence-electron chi connectivity index (χ1n) is 4.38. The summed E-state index contributed by atoms with van der Waals surface area (Å²) in [7, 11) is 0. The summed E-state index contributed by atoms with van der Waals surface area (Å²) < 4.78 is 5.28. The van der Waals surface area contributed by atoms with Gasteiger partial charge in [-0.15, -0.1) is 0 Å². The first-order chi connectivity index (χ1) is 5.54. The van der Waals surface area contributed by atoms with Gasteiger partial charge in [0.25, 0.3) is 0 Å².